The second-order valence-electron chi connectivity index (χ2n) is 5.04. The van der Waals surface area contributed by atoms with Crippen LogP contribution < -0.4 is 14.8 Å². The van der Waals surface area contributed by atoms with Crippen molar-refractivity contribution < 1.29 is 19.4 Å². The molecule has 0 aliphatic rings. The fraction of sp³-hybridized carbons (Fsp3) is 0.278. The summed E-state index contributed by atoms with van der Waals surface area (Å²) < 4.78 is 10.4. The molecule has 2 N–H and O–H groups in total. The van der Waals surface area contributed by atoms with Gasteiger partial charge in [-0.3, -0.25) is 4.79 Å². The van der Waals surface area contributed by atoms with Crippen LogP contribution in [0.4, 0.5) is 0 Å². The third kappa shape index (κ3) is 4.21. The fourth-order valence-electron chi connectivity index (χ4n) is 2.30. The number of thioether (sulfide) groups is 1. The Morgan fingerprint density at radius 2 is 1.71 bits per heavy atom. The molecule has 2 rings (SSSR count). The SMILES string of the molecule is COc1cccc(OC)c1C(=O)NC[C@@H](O)c1ccc(SC)cc1. The maximum Gasteiger partial charge on any atom is 0.258 e. The highest BCUT2D eigenvalue weighted by atomic mass is 32.2. The molecular formula is C18H21NO4S. The average Bonchev–Trinajstić information content (AvgIpc) is 2.65. The molecule has 0 radical (unpaired) electrons. The summed E-state index contributed by atoms with van der Waals surface area (Å²) in [7, 11) is 2.99. The molecular weight excluding hydrogens is 326 g/mol. The van der Waals surface area contributed by atoms with E-state index in [0.29, 0.717) is 17.1 Å². The number of methoxy groups -OCH3 is 2. The van der Waals surface area contributed by atoms with Crippen LogP contribution in [0.15, 0.2) is 47.4 Å². The zero-order chi connectivity index (χ0) is 17.5. The summed E-state index contributed by atoms with van der Waals surface area (Å²) in [5, 5.41) is 13.0. The molecule has 2 aromatic rings. The van der Waals surface area contributed by atoms with Gasteiger partial charge in [0.25, 0.3) is 5.91 Å². The number of hydrogen-bond acceptors (Lipinski definition) is 5. The van der Waals surface area contributed by atoms with E-state index in [1.54, 1.807) is 30.0 Å². The van der Waals surface area contributed by atoms with Crippen molar-refractivity contribution in [1.82, 2.24) is 5.32 Å². The Morgan fingerprint density at radius 1 is 1.12 bits per heavy atom. The lowest BCUT2D eigenvalue weighted by Crippen LogP contribution is -2.29. The van der Waals surface area contributed by atoms with E-state index in [-0.39, 0.29) is 12.5 Å². The van der Waals surface area contributed by atoms with Crippen LogP contribution in [0.25, 0.3) is 0 Å². The molecule has 0 aliphatic heterocycles. The summed E-state index contributed by atoms with van der Waals surface area (Å²) in [5.41, 5.74) is 1.06. The van der Waals surface area contributed by atoms with Gasteiger partial charge in [-0.05, 0) is 36.1 Å². The van der Waals surface area contributed by atoms with E-state index < -0.39 is 6.10 Å². The summed E-state index contributed by atoms with van der Waals surface area (Å²) in [6.45, 7) is 0.0959. The number of hydrogen-bond donors (Lipinski definition) is 2. The summed E-state index contributed by atoms with van der Waals surface area (Å²) in [4.78, 5) is 13.6. The second kappa shape index (κ2) is 8.61. The Balaban J connectivity index is 2.07. The highest BCUT2D eigenvalue weighted by molar-refractivity contribution is 7.98. The van der Waals surface area contributed by atoms with E-state index in [4.69, 9.17) is 9.47 Å². The van der Waals surface area contributed by atoms with Crippen LogP contribution >= 0.6 is 11.8 Å². The van der Waals surface area contributed by atoms with Crippen molar-refractivity contribution in [2.24, 2.45) is 0 Å². The first-order chi connectivity index (χ1) is 11.6. The number of rotatable bonds is 7. The Kier molecular flexibility index (Phi) is 6.52. The van der Waals surface area contributed by atoms with E-state index in [0.717, 1.165) is 10.5 Å². The normalized spacial score (nSPS) is 11.7. The van der Waals surface area contributed by atoms with Crippen molar-refractivity contribution in [2.75, 3.05) is 27.0 Å². The summed E-state index contributed by atoms with van der Waals surface area (Å²) in [6, 6.07) is 12.7. The molecule has 2 aromatic carbocycles. The molecule has 0 bridgehead atoms. The van der Waals surface area contributed by atoms with Gasteiger partial charge in [-0.25, -0.2) is 0 Å². The monoisotopic (exact) mass is 347 g/mol. The molecule has 24 heavy (non-hydrogen) atoms. The van der Waals surface area contributed by atoms with Gasteiger partial charge in [0.15, 0.2) is 0 Å². The Morgan fingerprint density at radius 3 is 2.21 bits per heavy atom. The van der Waals surface area contributed by atoms with Crippen LogP contribution in [0.5, 0.6) is 11.5 Å². The van der Waals surface area contributed by atoms with Gasteiger partial charge < -0.3 is 19.9 Å². The maximum absolute atomic E-state index is 12.5. The highest BCUT2D eigenvalue weighted by Crippen LogP contribution is 2.28. The first kappa shape index (κ1) is 18.2. The molecule has 0 unspecified atom stereocenters. The molecule has 0 spiro atoms. The topological polar surface area (TPSA) is 67.8 Å². The predicted octanol–water partition coefficient (Wildman–Crippen LogP) is 2.89. The fourth-order valence-corrected chi connectivity index (χ4v) is 2.70. The van der Waals surface area contributed by atoms with Gasteiger partial charge in [0.05, 0.1) is 20.3 Å². The Bertz CT molecular complexity index is 666. The van der Waals surface area contributed by atoms with Crippen LogP contribution in [-0.2, 0) is 0 Å². The molecule has 1 atom stereocenters. The van der Waals surface area contributed by atoms with Gasteiger partial charge in [0.2, 0.25) is 0 Å². The van der Waals surface area contributed by atoms with E-state index in [1.807, 2.05) is 30.5 Å². The average molecular weight is 347 g/mol. The van der Waals surface area contributed by atoms with Crippen molar-refractivity contribution >= 4 is 17.7 Å². The lowest BCUT2D eigenvalue weighted by Gasteiger charge is -2.15. The van der Waals surface area contributed by atoms with E-state index in [1.165, 1.54) is 14.2 Å². The summed E-state index contributed by atoms with van der Waals surface area (Å²) >= 11 is 1.63. The molecule has 0 saturated carbocycles. The molecule has 0 aromatic heterocycles. The Labute approximate surface area is 146 Å². The number of ether oxygens (including phenoxy) is 2. The van der Waals surface area contributed by atoms with Crippen LogP contribution in [0, 0.1) is 0 Å². The second-order valence-corrected chi connectivity index (χ2v) is 5.92. The first-order valence-corrected chi connectivity index (χ1v) is 8.64. The molecule has 0 fully saturated rings. The van der Waals surface area contributed by atoms with E-state index in [2.05, 4.69) is 5.32 Å². The number of nitrogens with one attached hydrogen (secondary N) is 1. The third-order valence-corrected chi connectivity index (χ3v) is 4.36. The van der Waals surface area contributed by atoms with Gasteiger partial charge in [0.1, 0.15) is 17.1 Å². The van der Waals surface area contributed by atoms with Crippen LogP contribution in [0.3, 0.4) is 0 Å². The number of carbonyl (C=O) groups excluding carboxylic acids is 1. The smallest absolute Gasteiger partial charge is 0.258 e. The molecule has 0 saturated heterocycles. The van der Waals surface area contributed by atoms with Crippen molar-refractivity contribution in [3.05, 3.63) is 53.6 Å². The minimum Gasteiger partial charge on any atom is -0.496 e. The number of amides is 1. The van der Waals surface area contributed by atoms with Crippen LogP contribution in [0.1, 0.15) is 22.0 Å². The molecule has 6 heteroatoms. The van der Waals surface area contributed by atoms with Gasteiger partial charge in [-0.2, -0.15) is 0 Å². The largest absolute Gasteiger partial charge is 0.496 e. The van der Waals surface area contributed by atoms with Crippen LogP contribution in [-0.4, -0.2) is 38.0 Å². The standard InChI is InChI=1S/C18H21NO4S/c1-22-15-5-4-6-16(23-2)17(15)18(21)19-11-14(20)12-7-9-13(24-3)10-8-12/h4-10,14,20H,11H2,1-3H3,(H,19,21)/t14-/m1/s1. The number of carbonyl (C=O) groups is 1. The highest BCUT2D eigenvalue weighted by Gasteiger charge is 2.19. The van der Waals surface area contributed by atoms with Crippen molar-refractivity contribution in [1.29, 1.82) is 0 Å². The van der Waals surface area contributed by atoms with E-state index in [9.17, 15) is 9.90 Å². The van der Waals surface area contributed by atoms with Gasteiger partial charge in [0, 0.05) is 11.4 Å². The summed E-state index contributed by atoms with van der Waals surface area (Å²) in [5.74, 6) is 0.486. The quantitative estimate of drug-likeness (QED) is 0.754. The first-order valence-electron chi connectivity index (χ1n) is 7.42. The zero-order valence-corrected chi connectivity index (χ0v) is 14.7. The van der Waals surface area contributed by atoms with Crippen LogP contribution in [0.2, 0.25) is 0 Å². The van der Waals surface area contributed by atoms with Crippen molar-refractivity contribution in [3.63, 3.8) is 0 Å². The maximum atomic E-state index is 12.5. The van der Waals surface area contributed by atoms with Crippen molar-refractivity contribution in [3.8, 4) is 11.5 Å². The third-order valence-electron chi connectivity index (χ3n) is 3.61. The Hall–Kier alpha value is -2.18. The number of benzene rings is 2. The van der Waals surface area contributed by atoms with Crippen molar-refractivity contribution in [2.45, 2.75) is 11.0 Å². The molecule has 128 valence electrons. The molecule has 0 heterocycles. The lowest BCUT2D eigenvalue weighted by molar-refractivity contribution is 0.0910. The number of aliphatic hydroxyl groups excluding tert-OH is 1. The van der Waals surface area contributed by atoms with Gasteiger partial charge >= 0.3 is 0 Å². The zero-order valence-electron chi connectivity index (χ0n) is 13.9. The van der Waals surface area contributed by atoms with E-state index >= 15 is 0 Å². The molecule has 5 nitrogen and oxygen atoms in total. The minimum absolute atomic E-state index is 0.0959. The minimum atomic E-state index is -0.787. The molecule has 0 aliphatic carbocycles. The number of aliphatic hydroxyl groups is 1. The van der Waals surface area contributed by atoms with Gasteiger partial charge in [-0.1, -0.05) is 18.2 Å². The molecule has 1 amide bonds. The van der Waals surface area contributed by atoms with Gasteiger partial charge in [-0.15, -0.1) is 11.8 Å². The predicted molar refractivity (Wildman–Crippen MR) is 95.1 cm³/mol. The lowest BCUT2D eigenvalue weighted by atomic mass is 10.1. The summed E-state index contributed by atoms with van der Waals surface area (Å²) in [6.07, 6.45) is 1.21.